The molecule has 0 aliphatic carbocycles. The lowest BCUT2D eigenvalue weighted by Gasteiger charge is -2.21. The molecule has 51 heavy (non-hydrogen) atoms. The fourth-order valence-corrected chi connectivity index (χ4v) is 4.72. The van der Waals surface area contributed by atoms with Crippen LogP contribution >= 0.6 is 0 Å². The van der Waals surface area contributed by atoms with Gasteiger partial charge >= 0.3 is 0 Å². The summed E-state index contributed by atoms with van der Waals surface area (Å²) in [4.78, 5) is 30.2. The van der Waals surface area contributed by atoms with Crippen LogP contribution in [0.1, 0.15) is 63.8 Å². The number of aliphatic imine (C=N–C) groups is 2. The minimum Gasteiger partial charge on any atom is -0.872 e. The Kier molecular flexibility index (Phi) is 12.1. The molecule has 0 saturated carbocycles. The molecule has 0 amide bonds. The third-order valence-electron chi connectivity index (χ3n) is 7.71. The molecule has 4 aromatic rings. The van der Waals surface area contributed by atoms with Crippen LogP contribution < -0.4 is 19.7 Å². The zero-order valence-corrected chi connectivity index (χ0v) is 29.4. The molecule has 0 aliphatic heterocycles. The summed E-state index contributed by atoms with van der Waals surface area (Å²) in [6.07, 6.45) is 2.60. The number of nitrogens with zero attached hydrogens (tertiary/aromatic N) is 4. The third-order valence-corrected chi connectivity index (χ3v) is 7.71. The van der Waals surface area contributed by atoms with Crippen molar-refractivity contribution >= 4 is 35.2 Å². The number of non-ortho nitro benzene ring substituents is 2. The molecule has 4 rings (SSSR count). The first-order valence-corrected chi connectivity index (χ1v) is 16.1. The highest BCUT2D eigenvalue weighted by molar-refractivity contribution is 5.87. The predicted molar refractivity (Wildman–Crippen MR) is 192 cm³/mol. The predicted octanol–water partition coefficient (Wildman–Crippen LogP) is 7.22. The third kappa shape index (κ3) is 10.6. The molecule has 0 radical (unpaired) electrons. The Labute approximate surface area is 296 Å². The number of ether oxygens (including phenoxy) is 3. The lowest BCUT2D eigenvalue weighted by atomic mass is 9.87. The molecule has 0 heterocycles. The van der Waals surface area contributed by atoms with Crippen LogP contribution in [0.15, 0.2) is 82.8 Å². The normalized spacial score (nSPS) is 12.0. The molecular formula is C38H40N4O9-2. The summed E-state index contributed by atoms with van der Waals surface area (Å²) in [6.45, 7) is 13.1. The second-order valence-electron chi connectivity index (χ2n) is 13.6. The highest BCUT2D eigenvalue weighted by atomic mass is 16.6. The van der Waals surface area contributed by atoms with Gasteiger partial charge in [-0.3, -0.25) is 30.2 Å². The van der Waals surface area contributed by atoms with Crippen molar-refractivity contribution in [2.75, 3.05) is 26.4 Å². The quantitative estimate of drug-likeness (QED) is 0.0568. The van der Waals surface area contributed by atoms with Crippen LogP contribution in [-0.4, -0.2) is 48.7 Å². The standard InChI is InChI=1S/C38H42N4O9/c1-37(2,3)27-7-13-35(31(21-27)39-23-25-19-29(41(45)46)9-11-33(25)43)50-17-15-49-16-18-51-36-14-8-28(38(4,5)6)22-32(36)40-24-26-20-30(42(47)48)10-12-34(26)44/h7-14,19-24,43-44H,15-18H2,1-6H3/p-2. The Bertz CT molecular complexity index is 1800. The average molecular weight is 697 g/mol. The van der Waals surface area contributed by atoms with Gasteiger partial charge in [0.25, 0.3) is 11.4 Å². The van der Waals surface area contributed by atoms with Crippen molar-refractivity contribution in [3.8, 4) is 23.0 Å². The molecule has 0 bridgehead atoms. The van der Waals surface area contributed by atoms with Crippen LogP contribution in [0.3, 0.4) is 0 Å². The Balaban J connectivity index is 1.39. The number of hydrogen-bond acceptors (Lipinski definition) is 11. The van der Waals surface area contributed by atoms with Crippen molar-refractivity contribution in [2.45, 2.75) is 52.4 Å². The van der Waals surface area contributed by atoms with E-state index in [9.17, 15) is 30.4 Å². The summed E-state index contributed by atoms with van der Waals surface area (Å²) in [5.74, 6) is 0.113. The maximum atomic E-state index is 12.3. The first kappa shape index (κ1) is 38.0. The highest BCUT2D eigenvalue weighted by Gasteiger charge is 2.18. The summed E-state index contributed by atoms with van der Waals surface area (Å²) in [5, 5.41) is 47.0. The van der Waals surface area contributed by atoms with Crippen molar-refractivity contribution in [3.63, 3.8) is 0 Å². The van der Waals surface area contributed by atoms with Gasteiger partial charge in [-0.2, -0.15) is 0 Å². The summed E-state index contributed by atoms with van der Waals surface area (Å²) in [5.41, 5.74) is 2.24. The van der Waals surface area contributed by atoms with Gasteiger partial charge in [0.2, 0.25) is 0 Å². The number of hydrogen-bond donors (Lipinski definition) is 0. The van der Waals surface area contributed by atoms with E-state index in [1.54, 1.807) is 12.1 Å². The van der Waals surface area contributed by atoms with Gasteiger partial charge in [-0.15, -0.1) is 0 Å². The summed E-state index contributed by atoms with van der Waals surface area (Å²) in [7, 11) is 0. The Morgan fingerprint density at radius 1 is 0.588 bits per heavy atom. The van der Waals surface area contributed by atoms with Gasteiger partial charge < -0.3 is 24.4 Å². The van der Waals surface area contributed by atoms with Crippen molar-refractivity contribution in [2.24, 2.45) is 9.98 Å². The molecule has 13 heteroatoms. The molecule has 0 saturated heterocycles. The number of nitro groups is 2. The van der Waals surface area contributed by atoms with Crippen LogP contribution in [0.5, 0.6) is 23.0 Å². The molecule has 268 valence electrons. The van der Waals surface area contributed by atoms with Crippen molar-refractivity contribution in [3.05, 3.63) is 115 Å². The number of rotatable bonds is 14. The molecule has 0 atom stereocenters. The molecule has 0 aliphatic rings. The largest absolute Gasteiger partial charge is 0.872 e. The van der Waals surface area contributed by atoms with E-state index in [1.807, 2.05) is 24.3 Å². The van der Waals surface area contributed by atoms with Gasteiger partial charge in [0.1, 0.15) is 36.1 Å². The molecule has 13 nitrogen and oxygen atoms in total. The van der Waals surface area contributed by atoms with Crippen molar-refractivity contribution < 1.29 is 34.3 Å². The summed E-state index contributed by atoms with van der Waals surface area (Å²) in [6, 6.07) is 18.1. The molecule has 0 fully saturated rings. The van der Waals surface area contributed by atoms with Gasteiger partial charge in [0, 0.05) is 36.7 Å². The van der Waals surface area contributed by atoms with E-state index in [-0.39, 0.29) is 59.8 Å². The molecule has 0 unspecified atom stereocenters. The van der Waals surface area contributed by atoms with E-state index in [0.29, 0.717) is 22.9 Å². The average Bonchev–Trinajstić information content (AvgIpc) is 3.06. The van der Waals surface area contributed by atoms with E-state index in [0.717, 1.165) is 35.4 Å². The first-order valence-electron chi connectivity index (χ1n) is 16.1. The second-order valence-corrected chi connectivity index (χ2v) is 13.6. The molecule has 0 aromatic heterocycles. The van der Waals surface area contributed by atoms with Gasteiger partial charge in [0.05, 0.1) is 23.1 Å². The smallest absolute Gasteiger partial charge is 0.270 e. The zero-order valence-electron chi connectivity index (χ0n) is 29.4. The highest BCUT2D eigenvalue weighted by Crippen LogP contribution is 2.35. The lowest BCUT2D eigenvalue weighted by Crippen LogP contribution is -2.13. The van der Waals surface area contributed by atoms with E-state index in [2.05, 4.69) is 51.5 Å². The second kappa shape index (κ2) is 16.3. The monoisotopic (exact) mass is 696 g/mol. The van der Waals surface area contributed by atoms with E-state index >= 15 is 0 Å². The maximum absolute atomic E-state index is 12.3. The van der Waals surface area contributed by atoms with Crippen LogP contribution in [0.2, 0.25) is 0 Å². The Morgan fingerprint density at radius 3 is 1.33 bits per heavy atom. The minimum atomic E-state index is -0.570. The van der Waals surface area contributed by atoms with Crippen LogP contribution in [0.4, 0.5) is 22.7 Å². The SMILES string of the molecule is CC(C)(C)c1ccc(OCCOCCOc2ccc(C(C)(C)C)cc2N=Cc2cc([N+](=O)[O-])ccc2[O-])c(N=Cc2cc([N+](=O)[O-])ccc2[O-])c1. The van der Waals surface area contributed by atoms with Crippen LogP contribution in [0.25, 0.3) is 0 Å². The lowest BCUT2D eigenvalue weighted by molar-refractivity contribution is -0.385. The van der Waals surface area contributed by atoms with Gasteiger partial charge in [-0.05, 0) is 57.3 Å². The fraction of sp³-hybridized carbons (Fsp3) is 0.316. The number of nitro benzene ring substituents is 2. The summed E-state index contributed by atoms with van der Waals surface area (Å²) < 4.78 is 17.7. The van der Waals surface area contributed by atoms with E-state index in [1.165, 1.54) is 24.6 Å². The van der Waals surface area contributed by atoms with Crippen LogP contribution in [0, 0.1) is 20.2 Å². The van der Waals surface area contributed by atoms with Crippen LogP contribution in [-0.2, 0) is 15.6 Å². The maximum Gasteiger partial charge on any atom is 0.270 e. The first-order chi connectivity index (χ1) is 24.0. The summed E-state index contributed by atoms with van der Waals surface area (Å²) >= 11 is 0. The molecular weight excluding hydrogens is 656 g/mol. The van der Waals surface area contributed by atoms with Crippen molar-refractivity contribution in [1.29, 1.82) is 0 Å². The van der Waals surface area contributed by atoms with Crippen molar-refractivity contribution in [1.82, 2.24) is 0 Å². The van der Waals surface area contributed by atoms with E-state index < -0.39 is 21.3 Å². The fourth-order valence-electron chi connectivity index (χ4n) is 4.72. The van der Waals surface area contributed by atoms with Gasteiger partial charge in [-0.25, -0.2) is 0 Å². The Hall–Kier alpha value is -5.82. The molecule has 0 N–H and O–H groups in total. The topological polar surface area (TPSA) is 185 Å². The van der Waals surface area contributed by atoms with E-state index in [4.69, 9.17) is 14.2 Å². The number of benzene rings is 4. The molecule has 4 aromatic carbocycles. The van der Waals surface area contributed by atoms with Gasteiger partial charge in [-0.1, -0.05) is 77.3 Å². The Morgan fingerprint density at radius 2 is 0.980 bits per heavy atom. The zero-order chi connectivity index (χ0) is 37.3. The van der Waals surface area contributed by atoms with Gasteiger partial charge in [0.15, 0.2) is 0 Å². The molecule has 0 spiro atoms. The minimum absolute atomic E-state index is 0.0840.